The van der Waals surface area contributed by atoms with Gasteiger partial charge in [0.15, 0.2) is 0 Å². The second-order valence-electron chi connectivity index (χ2n) is 5.73. The molecule has 1 aromatic carbocycles. The van der Waals surface area contributed by atoms with E-state index in [1.165, 1.54) is 5.56 Å². The van der Waals surface area contributed by atoms with Crippen LogP contribution in [-0.4, -0.2) is 33.3 Å². The summed E-state index contributed by atoms with van der Waals surface area (Å²) in [6.45, 7) is 5.66. The lowest BCUT2D eigenvalue weighted by Gasteiger charge is -2.30. The molecule has 1 aromatic heterocycles. The van der Waals surface area contributed by atoms with E-state index in [1.54, 1.807) is 0 Å². The molecule has 0 saturated heterocycles. The molecule has 0 bridgehead atoms. The zero-order valence-electron chi connectivity index (χ0n) is 13.0. The molecule has 1 N–H and O–H groups in total. The van der Waals surface area contributed by atoms with E-state index in [-0.39, 0.29) is 5.91 Å². The van der Waals surface area contributed by atoms with E-state index in [4.69, 9.17) is 0 Å². The molecule has 0 spiro atoms. The van der Waals surface area contributed by atoms with Gasteiger partial charge in [0.1, 0.15) is 0 Å². The highest BCUT2D eigenvalue weighted by atomic mass is 32.2. The highest BCUT2D eigenvalue weighted by molar-refractivity contribution is 7.98. The summed E-state index contributed by atoms with van der Waals surface area (Å²) in [4.78, 5) is 14.6. The van der Waals surface area contributed by atoms with E-state index < -0.39 is 0 Å². The quantitative estimate of drug-likeness (QED) is 0.940. The van der Waals surface area contributed by atoms with Gasteiger partial charge in [0.25, 0.3) is 5.91 Å². The number of fused-ring (bicyclic) bond motifs is 1. The molecule has 1 amide bonds. The number of aromatic nitrogens is 2. The van der Waals surface area contributed by atoms with Crippen molar-refractivity contribution in [1.29, 1.82) is 0 Å². The van der Waals surface area contributed by atoms with Gasteiger partial charge in [0, 0.05) is 41.6 Å². The molecule has 0 saturated carbocycles. The van der Waals surface area contributed by atoms with E-state index >= 15 is 0 Å². The number of rotatable bonds is 4. The number of carbonyl (C=O) groups is 1. The second-order valence-corrected chi connectivity index (χ2v) is 7.00. The third-order valence-corrected chi connectivity index (χ3v) is 5.01. The highest BCUT2D eigenvalue weighted by Gasteiger charge is 2.27. The summed E-state index contributed by atoms with van der Waals surface area (Å²) in [6.07, 6.45) is 1.83. The summed E-state index contributed by atoms with van der Waals surface area (Å²) in [5, 5.41) is 7.14. The zero-order chi connectivity index (χ0) is 15.5. The van der Waals surface area contributed by atoms with Crippen LogP contribution in [0.2, 0.25) is 0 Å². The van der Waals surface area contributed by atoms with E-state index in [1.807, 2.05) is 35.0 Å². The molecule has 1 atom stereocenters. The van der Waals surface area contributed by atoms with Crippen LogP contribution in [-0.2, 0) is 12.3 Å². The lowest BCUT2D eigenvalue weighted by Crippen LogP contribution is -2.37. The fourth-order valence-electron chi connectivity index (χ4n) is 2.87. The number of amides is 1. The average molecular weight is 315 g/mol. The van der Waals surface area contributed by atoms with Crippen molar-refractivity contribution < 1.29 is 4.79 Å². The summed E-state index contributed by atoms with van der Waals surface area (Å²) in [6, 6.07) is 8.02. The summed E-state index contributed by atoms with van der Waals surface area (Å²) >= 11 is 1.89. The molecule has 0 radical (unpaired) electrons. The number of nitrogens with zero attached hydrogens (tertiary/aromatic N) is 2. The molecule has 4 nitrogen and oxygen atoms in total. The number of carbonyl (C=O) groups excluding carboxylic acids is 1. The standard InChI is InChI=1S/C17H21N3OS/c1-3-22-11-13-4-6-14(7-5-13)17(21)20-9-12(2)16-15(10-20)8-18-19-16/h4-8,12H,3,9-11H2,1-2H3,(H,18,19)/t12-/m1/s1. The van der Waals surface area contributed by atoms with E-state index in [9.17, 15) is 4.79 Å². The minimum absolute atomic E-state index is 0.105. The van der Waals surface area contributed by atoms with Crippen molar-refractivity contribution >= 4 is 17.7 Å². The zero-order valence-corrected chi connectivity index (χ0v) is 13.8. The molecule has 0 fully saturated rings. The van der Waals surface area contributed by atoms with Crippen LogP contribution in [0, 0.1) is 0 Å². The summed E-state index contributed by atoms with van der Waals surface area (Å²) in [5.41, 5.74) is 4.33. The fourth-order valence-corrected chi connectivity index (χ4v) is 3.50. The predicted octanol–water partition coefficient (Wildman–Crippen LogP) is 3.42. The Morgan fingerprint density at radius 2 is 2.18 bits per heavy atom. The number of H-pyrrole nitrogens is 1. The van der Waals surface area contributed by atoms with E-state index in [2.05, 4.69) is 36.2 Å². The molecular weight excluding hydrogens is 294 g/mol. The van der Waals surface area contributed by atoms with Crippen molar-refractivity contribution in [3.05, 3.63) is 52.8 Å². The van der Waals surface area contributed by atoms with Gasteiger partial charge in [0.2, 0.25) is 0 Å². The Morgan fingerprint density at radius 1 is 1.41 bits per heavy atom. The normalized spacial score (nSPS) is 17.4. The number of hydrogen-bond acceptors (Lipinski definition) is 3. The van der Waals surface area contributed by atoms with Gasteiger partial charge < -0.3 is 4.90 Å². The van der Waals surface area contributed by atoms with Crippen LogP contribution >= 0.6 is 11.8 Å². The molecule has 0 unspecified atom stereocenters. The second kappa shape index (κ2) is 6.57. The molecule has 2 heterocycles. The van der Waals surface area contributed by atoms with Crippen molar-refractivity contribution in [1.82, 2.24) is 15.1 Å². The lowest BCUT2D eigenvalue weighted by atomic mass is 9.98. The van der Waals surface area contributed by atoms with Gasteiger partial charge in [-0.3, -0.25) is 9.89 Å². The largest absolute Gasteiger partial charge is 0.334 e. The first-order valence-electron chi connectivity index (χ1n) is 7.67. The van der Waals surface area contributed by atoms with Crippen LogP contribution in [0.5, 0.6) is 0 Å². The third-order valence-electron chi connectivity index (χ3n) is 4.06. The first kappa shape index (κ1) is 15.2. The van der Waals surface area contributed by atoms with Gasteiger partial charge in [-0.15, -0.1) is 0 Å². The Labute approximate surface area is 135 Å². The first-order chi connectivity index (χ1) is 10.7. The number of nitrogens with one attached hydrogen (secondary N) is 1. The molecule has 116 valence electrons. The maximum absolute atomic E-state index is 12.7. The molecule has 2 aromatic rings. The minimum Gasteiger partial charge on any atom is -0.334 e. The maximum Gasteiger partial charge on any atom is 0.254 e. The highest BCUT2D eigenvalue weighted by Crippen LogP contribution is 2.27. The number of aromatic amines is 1. The van der Waals surface area contributed by atoms with Gasteiger partial charge >= 0.3 is 0 Å². The smallest absolute Gasteiger partial charge is 0.254 e. The van der Waals surface area contributed by atoms with E-state index in [0.717, 1.165) is 34.9 Å². The molecule has 3 rings (SSSR count). The summed E-state index contributed by atoms with van der Waals surface area (Å²) in [5.74, 6) is 2.52. The molecule has 5 heteroatoms. The Bertz CT molecular complexity index is 650. The Balaban J connectivity index is 1.72. The van der Waals surface area contributed by atoms with Gasteiger partial charge in [-0.05, 0) is 23.4 Å². The summed E-state index contributed by atoms with van der Waals surface area (Å²) in [7, 11) is 0. The minimum atomic E-state index is 0.105. The van der Waals surface area contributed by atoms with Crippen LogP contribution in [0.3, 0.4) is 0 Å². The van der Waals surface area contributed by atoms with Gasteiger partial charge in [-0.2, -0.15) is 16.9 Å². The molecule has 0 aliphatic carbocycles. The van der Waals surface area contributed by atoms with Crippen LogP contribution in [0.1, 0.15) is 46.9 Å². The monoisotopic (exact) mass is 315 g/mol. The number of thioether (sulfide) groups is 1. The first-order valence-corrected chi connectivity index (χ1v) is 8.82. The van der Waals surface area contributed by atoms with Gasteiger partial charge in [-0.1, -0.05) is 26.0 Å². The van der Waals surface area contributed by atoms with Crippen LogP contribution in [0.4, 0.5) is 0 Å². The average Bonchev–Trinajstić information content (AvgIpc) is 3.02. The lowest BCUT2D eigenvalue weighted by molar-refractivity contribution is 0.0720. The predicted molar refractivity (Wildman–Crippen MR) is 90.0 cm³/mol. The maximum atomic E-state index is 12.7. The molecule has 1 aliphatic heterocycles. The molecular formula is C17H21N3OS. The summed E-state index contributed by atoms with van der Waals surface area (Å²) < 4.78 is 0. The molecule has 1 aliphatic rings. The van der Waals surface area contributed by atoms with Crippen molar-refractivity contribution in [2.45, 2.75) is 32.1 Å². The van der Waals surface area contributed by atoms with Crippen molar-refractivity contribution in [3.63, 3.8) is 0 Å². The van der Waals surface area contributed by atoms with Crippen LogP contribution in [0.15, 0.2) is 30.5 Å². The van der Waals surface area contributed by atoms with Crippen molar-refractivity contribution in [2.75, 3.05) is 12.3 Å². The van der Waals surface area contributed by atoms with Gasteiger partial charge in [-0.25, -0.2) is 0 Å². The fraction of sp³-hybridized carbons (Fsp3) is 0.412. The number of benzene rings is 1. The number of hydrogen-bond donors (Lipinski definition) is 1. The van der Waals surface area contributed by atoms with Crippen LogP contribution < -0.4 is 0 Å². The molecule has 22 heavy (non-hydrogen) atoms. The topological polar surface area (TPSA) is 49.0 Å². The van der Waals surface area contributed by atoms with Gasteiger partial charge in [0.05, 0.1) is 6.20 Å². The van der Waals surface area contributed by atoms with Crippen molar-refractivity contribution in [3.8, 4) is 0 Å². The Morgan fingerprint density at radius 3 is 2.91 bits per heavy atom. The van der Waals surface area contributed by atoms with Crippen molar-refractivity contribution in [2.24, 2.45) is 0 Å². The Kier molecular flexibility index (Phi) is 4.52. The third kappa shape index (κ3) is 3.04. The van der Waals surface area contributed by atoms with E-state index in [0.29, 0.717) is 12.5 Å². The Hall–Kier alpha value is -1.75. The van der Waals surface area contributed by atoms with Crippen LogP contribution in [0.25, 0.3) is 0 Å². The SMILES string of the molecule is CCSCc1ccc(C(=O)N2Cc3cn[nH]c3[C@H](C)C2)cc1.